The number of aliphatic carboxylic acids is 1. The summed E-state index contributed by atoms with van der Waals surface area (Å²) in [6.07, 6.45) is -0.320. The van der Waals surface area contributed by atoms with E-state index in [0.29, 0.717) is 5.56 Å². The van der Waals surface area contributed by atoms with Crippen LogP contribution in [0.15, 0.2) is 6.07 Å². The van der Waals surface area contributed by atoms with E-state index >= 15 is 0 Å². The summed E-state index contributed by atoms with van der Waals surface area (Å²) < 4.78 is 4.96. The Morgan fingerprint density at radius 2 is 2.24 bits per heavy atom. The normalized spacial score (nSPS) is 12.2. The molecule has 1 rings (SSSR count). The molecule has 0 heterocycles. The highest BCUT2D eigenvalue weighted by atomic mass is 35.5. The van der Waals surface area contributed by atoms with Gasteiger partial charge >= 0.3 is 5.97 Å². The topological polar surface area (TPSA) is 92.8 Å². The zero-order chi connectivity index (χ0) is 13.2. The number of halogens is 1. The molecule has 0 fully saturated rings. The van der Waals surface area contributed by atoms with E-state index in [4.69, 9.17) is 27.2 Å². The first-order valence-corrected chi connectivity index (χ1v) is 5.29. The number of ether oxygens (including phenoxy) is 1. The summed E-state index contributed by atoms with van der Waals surface area (Å²) in [6, 6.07) is 0.683. The van der Waals surface area contributed by atoms with E-state index in [1.54, 1.807) is 13.0 Å². The number of methoxy groups -OCH3 is 1. The number of carboxylic acids is 1. The first kappa shape index (κ1) is 13.6. The molecule has 6 heteroatoms. The van der Waals surface area contributed by atoms with Crippen LogP contribution in [-0.4, -0.2) is 23.3 Å². The van der Waals surface area contributed by atoms with Crippen molar-refractivity contribution in [2.24, 2.45) is 5.73 Å². The predicted octanol–water partition coefficient (Wildman–Crippen LogP) is 1.84. The number of hydrogen-bond donors (Lipinski definition) is 3. The molecule has 17 heavy (non-hydrogen) atoms. The molecule has 0 aliphatic rings. The fourth-order valence-corrected chi connectivity index (χ4v) is 1.85. The molecule has 0 bridgehead atoms. The molecule has 1 aromatic carbocycles. The molecule has 0 radical (unpaired) electrons. The monoisotopic (exact) mass is 259 g/mol. The first-order chi connectivity index (χ1) is 7.88. The molecular formula is C11H14ClNO4. The lowest BCUT2D eigenvalue weighted by molar-refractivity contribution is -0.137. The van der Waals surface area contributed by atoms with Crippen LogP contribution in [-0.2, 0) is 4.79 Å². The van der Waals surface area contributed by atoms with Gasteiger partial charge in [-0.05, 0) is 18.6 Å². The molecule has 0 spiro atoms. The molecule has 0 aromatic heterocycles. The quantitative estimate of drug-likeness (QED) is 0.767. The summed E-state index contributed by atoms with van der Waals surface area (Å²) in [5.41, 5.74) is 6.57. The largest absolute Gasteiger partial charge is 0.504 e. The number of benzene rings is 1. The van der Waals surface area contributed by atoms with Crippen molar-refractivity contribution in [2.75, 3.05) is 7.11 Å². The van der Waals surface area contributed by atoms with Crippen molar-refractivity contribution >= 4 is 17.6 Å². The molecule has 0 saturated heterocycles. The Bertz CT molecular complexity index is 448. The van der Waals surface area contributed by atoms with Gasteiger partial charge in [0.15, 0.2) is 11.5 Å². The average Bonchev–Trinajstić information content (AvgIpc) is 2.22. The van der Waals surface area contributed by atoms with Crippen LogP contribution >= 0.6 is 11.6 Å². The third-order valence-electron chi connectivity index (χ3n) is 2.40. The van der Waals surface area contributed by atoms with E-state index in [2.05, 4.69) is 0 Å². The van der Waals surface area contributed by atoms with Gasteiger partial charge in [-0.2, -0.15) is 0 Å². The van der Waals surface area contributed by atoms with Gasteiger partial charge in [-0.1, -0.05) is 11.6 Å². The highest BCUT2D eigenvalue weighted by Crippen LogP contribution is 2.41. The van der Waals surface area contributed by atoms with Crippen LogP contribution in [0.4, 0.5) is 0 Å². The Morgan fingerprint density at radius 1 is 1.65 bits per heavy atom. The van der Waals surface area contributed by atoms with Crippen molar-refractivity contribution in [2.45, 2.75) is 19.4 Å². The third kappa shape index (κ3) is 2.81. The molecule has 0 aliphatic carbocycles. The van der Waals surface area contributed by atoms with E-state index < -0.39 is 12.0 Å². The smallest absolute Gasteiger partial charge is 0.305 e. The Morgan fingerprint density at radius 3 is 2.71 bits per heavy atom. The van der Waals surface area contributed by atoms with E-state index in [1.165, 1.54) is 7.11 Å². The molecule has 4 N–H and O–H groups in total. The highest BCUT2D eigenvalue weighted by Gasteiger charge is 2.22. The van der Waals surface area contributed by atoms with Gasteiger partial charge < -0.3 is 20.7 Å². The second kappa shape index (κ2) is 5.25. The Kier molecular flexibility index (Phi) is 4.20. The second-order valence-electron chi connectivity index (χ2n) is 3.68. The van der Waals surface area contributed by atoms with Crippen molar-refractivity contribution in [3.63, 3.8) is 0 Å². The summed E-state index contributed by atoms with van der Waals surface area (Å²) in [6.45, 7) is 1.72. The SMILES string of the molecule is COc1cc(C)c(Cl)c(C(N)CC(=O)O)c1O. The van der Waals surface area contributed by atoms with Gasteiger partial charge in [-0.25, -0.2) is 0 Å². The van der Waals surface area contributed by atoms with Crippen LogP contribution in [0, 0.1) is 6.92 Å². The van der Waals surface area contributed by atoms with E-state index in [1.807, 2.05) is 0 Å². The Hall–Kier alpha value is -1.46. The van der Waals surface area contributed by atoms with Gasteiger partial charge in [-0.15, -0.1) is 0 Å². The number of carboxylic acid groups (broad SMARTS) is 1. The zero-order valence-electron chi connectivity index (χ0n) is 9.53. The van der Waals surface area contributed by atoms with Crippen LogP contribution in [0.3, 0.4) is 0 Å². The predicted molar refractivity (Wildman–Crippen MR) is 63.6 cm³/mol. The minimum Gasteiger partial charge on any atom is -0.504 e. The number of carbonyl (C=O) groups is 1. The van der Waals surface area contributed by atoms with Gasteiger partial charge in [0.25, 0.3) is 0 Å². The molecule has 0 saturated carbocycles. The lowest BCUT2D eigenvalue weighted by atomic mass is 10.0. The minimum absolute atomic E-state index is 0.200. The number of phenolic OH excluding ortho intramolecular Hbond substituents is 1. The summed E-state index contributed by atoms with van der Waals surface area (Å²) in [5, 5.41) is 18.8. The van der Waals surface area contributed by atoms with Crippen LogP contribution < -0.4 is 10.5 Å². The highest BCUT2D eigenvalue weighted by molar-refractivity contribution is 6.32. The maximum absolute atomic E-state index is 10.6. The zero-order valence-corrected chi connectivity index (χ0v) is 10.3. The molecule has 94 valence electrons. The Labute approximate surface area is 104 Å². The van der Waals surface area contributed by atoms with Crippen molar-refractivity contribution in [3.05, 3.63) is 22.2 Å². The van der Waals surface area contributed by atoms with E-state index in [-0.39, 0.29) is 28.5 Å². The lowest BCUT2D eigenvalue weighted by Gasteiger charge is -2.17. The average molecular weight is 260 g/mol. The molecule has 0 amide bonds. The number of hydrogen-bond acceptors (Lipinski definition) is 4. The van der Waals surface area contributed by atoms with Crippen molar-refractivity contribution in [1.29, 1.82) is 0 Å². The Balaban J connectivity index is 3.30. The second-order valence-corrected chi connectivity index (χ2v) is 4.05. The van der Waals surface area contributed by atoms with Crippen LogP contribution in [0.25, 0.3) is 0 Å². The summed E-state index contributed by atoms with van der Waals surface area (Å²) >= 11 is 6.02. The van der Waals surface area contributed by atoms with Crippen molar-refractivity contribution < 1.29 is 19.7 Å². The summed E-state index contributed by atoms with van der Waals surface area (Å²) in [4.78, 5) is 10.6. The van der Waals surface area contributed by atoms with Gasteiger partial charge in [-0.3, -0.25) is 4.79 Å². The number of aromatic hydroxyl groups is 1. The lowest BCUT2D eigenvalue weighted by Crippen LogP contribution is -2.16. The third-order valence-corrected chi connectivity index (χ3v) is 2.91. The van der Waals surface area contributed by atoms with Gasteiger partial charge in [0.05, 0.1) is 18.6 Å². The minimum atomic E-state index is -1.06. The van der Waals surface area contributed by atoms with E-state index in [0.717, 1.165) is 0 Å². The van der Waals surface area contributed by atoms with Crippen LogP contribution in [0.5, 0.6) is 11.5 Å². The molecule has 1 aromatic rings. The maximum Gasteiger partial charge on any atom is 0.305 e. The summed E-state index contributed by atoms with van der Waals surface area (Å²) in [5.74, 6) is -1.05. The fraction of sp³-hybridized carbons (Fsp3) is 0.364. The molecule has 0 aliphatic heterocycles. The number of nitrogens with two attached hydrogens (primary N) is 1. The molecular weight excluding hydrogens is 246 g/mol. The standard InChI is InChI=1S/C11H14ClNO4/c1-5-3-7(17-2)11(16)9(10(5)12)6(13)4-8(14)15/h3,6,16H,4,13H2,1-2H3,(H,14,15). The fourth-order valence-electron chi connectivity index (χ4n) is 1.56. The number of phenols is 1. The molecule has 1 unspecified atom stereocenters. The van der Waals surface area contributed by atoms with Gasteiger partial charge in [0, 0.05) is 11.6 Å². The maximum atomic E-state index is 10.6. The van der Waals surface area contributed by atoms with Crippen LogP contribution in [0.2, 0.25) is 5.02 Å². The van der Waals surface area contributed by atoms with Gasteiger partial charge in [0.1, 0.15) is 0 Å². The number of rotatable bonds is 4. The van der Waals surface area contributed by atoms with Crippen molar-refractivity contribution in [1.82, 2.24) is 0 Å². The van der Waals surface area contributed by atoms with E-state index in [9.17, 15) is 9.90 Å². The number of aryl methyl sites for hydroxylation is 1. The van der Waals surface area contributed by atoms with Crippen molar-refractivity contribution in [3.8, 4) is 11.5 Å². The molecule has 1 atom stereocenters. The van der Waals surface area contributed by atoms with Crippen LogP contribution in [0.1, 0.15) is 23.6 Å². The van der Waals surface area contributed by atoms with Gasteiger partial charge in [0.2, 0.25) is 0 Å². The summed E-state index contributed by atoms with van der Waals surface area (Å²) in [7, 11) is 1.40. The molecule has 5 nitrogen and oxygen atoms in total. The first-order valence-electron chi connectivity index (χ1n) is 4.91.